The summed E-state index contributed by atoms with van der Waals surface area (Å²) in [5.74, 6) is 0.149. The van der Waals surface area contributed by atoms with Crippen LogP contribution < -0.4 is 10.5 Å². The lowest BCUT2D eigenvalue weighted by atomic mass is 9.93. The molecule has 0 aromatic carbocycles. The Morgan fingerprint density at radius 1 is 1.47 bits per heavy atom. The molecule has 0 saturated carbocycles. The molecule has 1 heterocycles. The molecule has 1 aromatic rings. The standard InChI is InChI=1S/C13H19BrF2N2O/c1-8(5-13(2,3)17)7-19-12-10(11(15)16)4-9(14)6-18-12/h4,6,8,11H,5,7,17H2,1-3H3/t8-/m0/s1. The Morgan fingerprint density at radius 2 is 2.11 bits per heavy atom. The quantitative estimate of drug-likeness (QED) is 0.856. The van der Waals surface area contributed by atoms with Crippen LogP contribution in [-0.4, -0.2) is 17.1 Å². The number of pyridine rings is 1. The van der Waals surface area contributed by atoms with Crippen molar-refractivity contribution in [3.05, 3.63) is 22.3 Å². The van der Waals surface area contributed by atoms with Crippen molar-refractivity contribution in [2.45, 2.75) is 39.2 Å². The number of ether oxygens (including phenoxy) is 1. The van der Waals surface area contributed by atoms with Crippen molar-refractivity contribution in [1.82, 2.24) is 4.98 Å². The second-order valence-electron chi connectivity index (χ2n) is 5.46. The number of halogens is 3. The minimum atomic E-state index is -2.61. The van der Waals surface area contributed by atoms with Crippen LogP contribution in [0.3, 0.4) is 0 Å². The largest absolute Gasteiger partial charge is 0.477 e. The Bertz CT molecular complexity index is 422. The number of hydrogen-bond donors (Lipinski definition) is 1. The predicted octanol–water partition coefficient (Wildman–Crippen LogP) is 3.92. The maximum Gasteiger partial charge on any atom is 0.269 e. The number of nitrogens with two attached hydrogens (primary N) is 1. The van der Waals surface area contributed by atoms with E-state index < -0.39 is 6.43 Å². The van der Waals surface area contributed by atoms with Gasteiger partial charge in [0.1, 0.15) is 0 Å². The minimum Gasteiger partial charge on any atom is -0.477 e. The Balaban J connectivity index is 2.67. The van der Waals surface area contributed by atoms with Crippen LogP contribution in [0.2, 0.25) is 0 Å². The number of rotatable bonds is 6. The van der Waals surface area contributed by atoms with E-state index in [9.17, 15) is 8.78 Å². The van der Waals surface area contributed by atoms with Crippen molar-refractivity contribution in [2.24, 2.45) is 11.7 Å². The molecule has 1 rings (SSSR count). The minimum absolute atomic E-state index is 0.0140. The summed E-state index contributed by atoms with van der Waals surface area (Å²) in [5.41, 5.74) is 5.40. The summed E-state index contributed by atoms with van der Waals surface area (Å²) in [6, 6.07) is 1.32. The number of hydrogen-bond acceptors (Lipinski definition) is 3. The van der Waals surface area contributed by atoms with E-state index in [4.69, 9.17) is 10.5 Å². The molecule has 1 atom stereocenters. The maximum atomic E-state index is 12.8. The summed E-state index contributed by atoms with van der Waals surface area (Å²) < 4.78 is 31.6. The van der Waals surface area contributed by atoms with E-state index in [-0.39, 0.29) is 22.9 Å². The zero-order chi connectivity index (χ0) is 14.6. The molecular weight excluding hydrogens is 318 g/mol. The van der Waals surface area contributed by atoms with Crippen LogP contribution in [0.1, 0.15) is 39.2 Å². The van der Waals surface area contributed by atoms with E-state index >= 15 is 0 Å². The smallest absolute Gasteiger partial charge is 0.269 e. The first kappa shape index (κ1) is 16.3. The average molecular weight is 337 g/mol. The highest BCUT2D eigenvalue weighted by atomic mass is 79.9. The van der Waals surface area contributed by atoms with Crippen LogP contribution in [0.25, 0.3) is 0 Å². The van der Waals surface area contributed by atoms with Gasteiger partial charge in [0.05, 0.1) is 12.2 Å². The van der Waals surface area contributed by atoms with Crippen molar-refractivity contribution in [2.75, 3.05) is 6.61 Å². The highest BCUT2D eigenvalue weighted by Gasteiger charge is 2.19. The first-order valence-electron chi connectivity index (χ1n) is 6.04. The molecule has 0 aliphatic rings. The molecule has 3 nitrogen and oxygen atoms in total. The number of alkyl halides is 2. The summed E-state index contributed by atoms with van der Waals surface area (Å²) in [5, 5.41) is 0. The van der Waals surface area contributed by atoms with Crippen LogP contribution in [-0.2, 0) is 0 Å². The molecule has 108 valence electrons. The topological polar surface area (TPSA) is 48.1 Å². The zero-order valence-electron chi connectivity index (χ0n) is 11.3. The lowest BCUT2D eigenvalue weighted by molar-refractivity contribution is 0.140. The summed E-state index contributed by atoms with van der Waals surface area (Å²) in [4.78, 5) is 3.89. The normalized spacial score (nSPS) is 13.7. The fraction of sp³-hybridized carbons (Fsp3) is 0.615. The molecule has 0 bridgehead atoms. The summed E-state index contributed by atoms with van der Waals surface area (Å²) in [6.07, 6.45) is -0.423. The molecule has 2 N–H and O–H groups in total. The van der Waals surface area contributed by atoms with Crippen LogP contribution in [0.5, 0.6) is 5.88 Å². The molecule has 0 aliphatic heterocycles. The van der Waals surface area contributed by atoms with E-state index in [0.29, 0.717) is 11.1 Å². The average Bonchev–Trinajstić information content (AvgIpc) is 2.24. The molecule has 0 aliphatic carbocycles. The van der Waals surface area contributed by atoms with Gasteiger partial charge in [-0.2, -0.15) is 0 Å². The first-order chi connectivity index (χ1) is 8.69. The Labute approximate surface area is 120 Å². The fourth-order valence-corrected chi connectivity index (χ4v) is 2.25. The summed E-state index contributed by atoms with van der Waals surface area (Å²) >= 11 is 3.12. The van der Waals surface area contributed by atoms with Crippen LogP contribution in [0.15, 0.2) is 16.7 Å². The van der Waals surface area contributed by atoms with Gasteiger partial charge in [0.15, 0.2) is 0 Å². The zero-order valence-corrected chi connectivity index (χ0v) is 12.9. The van der Waals surface area contributed by atoms with Crippen molar-refractivity contribution in [3.8, 4) is 5.88 Å². The van der Waals surface area contributed by atoms with E-state index in [1.807, 2.05) is 20.8 Å². The monoisotopic (exact) mass is 336 g/mol. The van der Waals surface area contributed by atoms with E-state index in [0.717, 1.165) is 6.42 Å². The second-order valence-corrected chi connectivity index (χ2v) is 6.37. The van der Waals surface area contributed by atoms with Crippen LogP contribution >= 0.6 is 15.9 Å². The molecule has 1 aromatic heterocycles. The Kier molecular flexibility index (Phi) is 5.67. The van der Waals surface area contributed by atoms with Gasteiger partial charge in [-0.15, -0.1) is 0 Å². The van der Waals surface area contributed by atoms with Gasteiger partial charge < -0.3 is 10.5 Å². The third kappa shape index (κ3) is 5.82. The van der Waals surface area contributed by atoms with E-state index in [1.54, 1.807) is 0 Å². The highest BCUT2D eigenvalue weighted by molar-refractivity contribution is 9.10. The lowest BCUT2D eigenvalue weighted by Crippen LogP contribution is -2.35. The molecule has 0 saturated heterocycles. The third-order valence-electron chi connectivity index (χ3n) is 2.46. The molecule has 0 spiro atoms. The molecular formula is C13H19BrF2N2O. The molecule has 0 amide bonds. The van der Waals surface area contributed by atoms with Gasteiger partial charge in [-0.3, -0.25) is 0 Å². The van der Waals surface area contributed by atoms with Gasteiger partial charge in [-0.05, 0) is 48.2 Å². The van der Waals surface area contributed by atoms with Gasteiger partial charge in [0.2, 0.25) is 5.88 Å². The summed E-state index contributed by atoms with van der Waals surface area (Å²) in [6.45, 7) is 6.13. The maximum absolute atomic E-state index is 12.8. The van der Waals surface area contributed by atoms with Gasteiger partial charge in [0.25, 0.3) is 6.43 Å². The van der Waals surface area contributed by atoms with Gasteiger partial charge in [-0.1, -0.05) is 6.92 Å². The number of nitrogens with zero attached hydrogens (tertiary/aromatic N) is 1. The predicted molar refractivity (Wildman–Crippen MR) is 74.4 cm³/mol. The second kappa shape index (κ2) is 6.61. The fourth-order valence-electron chi connectivity index (χ4n) is 1.90. The molecule has 0 unspecified atom stereocenters. The van der Waals surface area contributed by atoms with Crippen LogP contribution in [0.4, 0.5) is 8.78 Å². The summed E-state index contributed by atoms with van der Waals surface area (Å²) in [7, 11) is 0. The van der Waals surface area contributed by atoms with E-state index in [2.05, 4.69) is 20.9 Å². The van der Waals surface area contributed by atoms with Gasteiger partial charge >= 0.3 is 0 Å². The van der Waals surface area contributed by atoms with Gasteiger partial charge in [-0.25, -0.2) is 13.8 Å². The number of aromatic nitrogens is 1. The first-order valence-corrected chi connectivity index (χ1v) is 6.83. The Hall–Kier alpha value is -0.750. The Morgan fingerprint density at radius 3 is 2.63 bits per heavy atom. The van der Waals surface area contributed by atoms with Crippen molar-refractivity contribution in [1.29, 1.82) is 0 Å². The lowest BCUT2D eigenvalue weighted by Gasteiger charge is -2.23. The van der Waals surface area contributed by atoms with Gasteiger partial charge in [0, 0.05) is 16.2 Å². The van der Waals surface area contributed by atoms with E-state index in [1.165, 1.54) is 12.3 Å². The molecule has 19 heavy (non-hydrogen) atoms. The highest BCUT2D eigenvalue weighted by Crippen LogP contribution is 2.30. The molecule has 6 heteroatoms. The third-order valence-corrected chi connectivity index (χ3v) is 2.89. The van der Waals surface area contributed by atoms with Crippen LogP contribution in [0, 0.1) is 5.92 Å². The SMILES string of the molecule is C[C@H](COc1ncc(Br)cc1C(F)F)CC(C)(C)N. The molecule has 0 radical (unpaired) electrons. The molecule has 0 fully saturated rings. The van der Waals surface area contributed by atoms with Crippen molar-refractivity contribution < 1.29 is 13.5 Å². The van der Waals surface area contributed by atoms with Crippen molar-refractivity contribution in [3.63, 3.8) is 0 Å². The van der Waals surface area contributed by atoms with Crippen molar-refractivity contribution >= 4 is 15.9 Å².